The fraction of sp³-hybridized carbons (Fsp3) is 0.167. The van der Waals surface area contributed by atoms with Gasteiger partial charge in [0.1, 0.15) is 5.75 Å². The summed E-state index contributed by atoms with van der Waals surface area (Å²) in [5, 5.41) is 19.7. The van der Waals surface area contributed by atoms with Gasteiger partial charge in [0.05, 0.1) is 24.1 Å². The van der Waals surface area contributed by atoms with Crippen LogP contribution < -0.4 is 9.64 Å². The van der Waals surface area contributed by atoms with Crippen LogP contribution in [0.1, 0.15) is 23.2 Å². The Labute approximate surface area is 153 Å². The number of carbonyl (C=O) groups excluding carboxylic acids is 2. The topological polar surface area (TPSA) is 127 Å². The van der Waals surface area contributed by atoms with E-state index in [4.69, 9.17) is 9.84 Å². The van der Waals surface area contributed by atoms with Crippen LogP contribution in [0, 0.1) is 10.1 Å². The van der Waals surface area contributed by atoms with Crippen molar-refractivity contribution in [3.63, 3.8) is 0 Å². The van der Waals surface area contributed by atoms with Crippen LogP contribution >= 0.6 is 0 Å². The van der Waals surface area contributed by atoms with E-state index in [1.807, 2.05) is 0 Å². The number of carbonyl (C=O) groups is 3. The van der Waals surface area contributed by atoms with Gasteiger partial charge in [0, 0.05) is 24.1 Å². The molecule has 0 aliphatic carbocycles. The summed E-state index contributed by atoms with van der Waals surface area (Å²) in [7, 11) is 1.46. The van der Waals surface area contributed by atoms with Crippen LogP contribution in [0.15, 0.2) is 48.5 Å². The molecule has 0 bridgehead atoms. The number of hydrogen-bond acceptors (Lipinski definition) is 6. The minimum atomic E-state index is -1.18. The Kier molecular flexibility index (Phi) is 6.21. The zero-order chi connectivity index (χ0) is 20.0. The lowest BCUT2D eigenvalue weighted by Gasteiger charge is -2.21. The van der Waals surface area contributed by atoms with Gasteiger partial charge >= 0.3 is 5.97 Å². The molecule has 27 heavy (non-hydrogen) atoms. The fourth-order valence-corrected chi connectivity index (χ4v) is 2.31. The van der Waals surface area contributed by atoms with Crippen LogP contribution in [-0.2, 0) is 9.59 Å². The monoisotopic (exact) mass is 372 g/mol. The molecule has 0 saturated carbocycles. The third-order valence-electron chi connectivity index (χ3n) is 3.64. The van der Waals surface area contributed by atoms with Gasteiger partial charge in [-0.15, -0.1) is 0 Å². The van der Waals surface area contributed by atoms with Gasteiger partial charge in [0.15, 0.2) is 0 Å². The molecule has 0 spiro atoms. The number of carboxylic acids is 1. The lowest BCUT2D eigenvalue weighted by Crippen LogP contribution is -2.37. The maximum atomic E-state index is 12.9. The van der Waals surface area contributed by atoms with Crippen molar-refractivity contribution in [3.8, 4) is 5.75 Å². The SMILES string of the molecule is COc1ccc(N(C(=O)CCC(=O)O)C(=O)c2cccc([N+](=O)[O-])c2)cc1. The van der Waals surface area contributed by atoms with E-state index in [1.54, 1.807) is 0 Å². The first kappa shape index (κ1) is 19.6. The molecule has 9 nitrogen and oxygen atoms in total. The molecule has 2 aromatic carbocycles. The van der Waals surface area contributed by atoms with E-state index in [0.717, 1.165) is 11.0 Å². The van der Waals surface area contributed by atoms with E-state index in [2.05, 4.69) is 0 Å². The Balaban J connectivity index is 2.42. The zero-order valence-corrected chi connectivity index (χ0v) is 14.3. The van der Waals surface area contributed by atoms with Crippen LogP contribution in [0.2, 0.25) is 0 Å². The number of imide groups is 1. The summed E-state index contributed by atoms with van der Waals surface area (Å²) in [4.78, 5) is 47.2. The smallest absolute Gasteiger partial charge is 0.303 e. The number of benzene rings is 2. The molecule has 0 unspecified atom stereocenters. The molecular formula is C18H16N2O7. The number of ether oxygens (including phenoxy) is 1. The molecule has 0 atom stereocenters. The Morgan fingerprint density at radius 1 is 1.11 bits per heavy atom. The fourth-order valence-electron chi connectivity index (χ4n) is 2.31. The standard InChI is InChI=1S/C18H16N2O7/c1-27-15-7-5-13(6-8-15)19(16(21)9-10-17(22)23)18(24)12-3-2-4-14(11-12)20(25)26/h2-8,11H,9-10H2,1H3,(H,22,23). The number of methoxy groups -OCH3 is 1. The Bertz CT molecular complexity index is 878. The second-order valence-electron chi connectivity index (χ2n) is 5.43. The van der Waals surface area contributed by atoms with Crippen molar-refractivity contribution in [1.82, 2.24) is 0 Å². The molecule has 0 heterocycles. The zero-order valence-electron chi connectivity index (χ0n) is 14.3. The lowest BCUT2D eigenvalue weighted by molar-refractivity contribution is -0.384. The first-order chi connectivity index (χ1) is 12.8. The van der Waals surface area contributed by atoms with Crippen molar-refractivity contribution in [1.29, 1.82) is 0 Å². The number of aliphatic carboxylic acids is 1. The quantitative estimate of drug-likeness (QED) is 0.584. The van der Waals surface area contributed by atoms with Crippen LogP contribution in [-0.4, -0.2) is 34.9 Å². The third kappa shape index (κ3) is 4.88. The van der Waals surface area contributed by atoms with Gasteiger partial charge in [0.25, 0.3) is 11.6 Å². The second-order valence-corrected chi connectivity index (χ2v) is 5.43. The molecule has 0 saturated heterocycles. The summed E-state index contributed by atoms with van der Waals surface area (Å²) in [5.74, 6) is -2.21. The number of hydrogen-bond donors (Lipinski definition) is 1. The summed E-state index contributed by atoms with van der Waals surface area (Å²) in [6.45, 7) is 0. The van der Waals surface area contributed by atoms with Crippen LogP contribution in [0.3, 0.4) is 0 Å². The molecule has 0 aliphatic heterocycles. The van der Waals surface area contributed by atoms with Crippen molar-refractivity contribution >= 4 is 29.2 Å². The maximum Gasteiger partial charge on any atom is 0.303 e. The van der Waals surface area contributed by atoms with E-state index < -0.39 is 35.5 Å². The minimum Gasteiger partial charge on any atom is -0.497 e. The first-order valence-corrected chi connectivity index (χ1v) is 7.81. The Hall–Kier alpha value is -3.75. The first-order valence-electron chi connectivity index (χ1n) is 7.81. The number of anilines is 1. The molecule has 0 fully saturated rings. The predicted molar refractivity (Wildman–Crippen MR) is 94.8 cm³/mol. The number of non-ortho nitro benzene ring substituents is 1. The van der Waals surface area contributed by atoms with Gasteiger partial charge in [-0.1, -0.05) is 6.07 Å². The molecule has 2 aromatic rings. The van der Waals surface area contributed by atoms with Crippen molar-refractivity contribution in [2.75, 3.05) is 12.0 Å². The van der Waals surface area contributed by atoms with Crippen molar-refractivity contribution < 1.29 is 29.2 Å². The number of nitro groups is 1. The highest BCUT2D eigenvalue weighted by Crippen LogP contribution is 2.24. The molecule has 9 heteroatoms. The van der Waals surface area contributed by atoms with E-state index in [9.17, 15) is 24.5 Å². The van der Waals surface area contributed by atoms with Crippen molar-refractivity contribution in [2.45, 2.75) is 12.8 Å². The minimum absolute atomic E-state index is 0.0660. The van der Waals surface area contributed by atoms with Gasteiger partial charge < -0.3 is 9.84 Å². The van der Waals surface area contributed by atoms with E-state index in [-0.39, 0.29) is 16.9 Å². The van der Waals surface area contributed by atoms with Crippen LogP contribution in [0.4, 0.5) is 11.4 Å². The predicted octanol–water partition coefficient (Wildman–Crippen LogP) is 2.64. The van der Waals surface area contributed by atoms with E-state index >= 15 is 0 Å². The highest BCUT2D eigenvalue weighted by atomic mass is 16.6. The van der Waals surface area contributed by atoms with Gasteiger partial charge in [0.2, 0.25) is 5.91 Å². The average molecular weight is 372 g/mol. The van der Waals surface area contributed by atoms with Crippen LogP contribution in [0.25, 0.3) is 0 Å². The molecule has 1 N–H and O–H groups in total. The highest BCUT2D eigenvalue weighted by molar-refractivity contribution is 6.21. The normalized spacial score (nSPS) is 10.1. The molecule has 0 radical (unpaired) electrons. The lowest BCUT2D eigenvalue weighted by atomic mass is 10.1. The van der Waals surface area contributed by atoms with E-state index in [1.165, 1.54) is 49.6 Å². The number of carboxylic acid groups (broad SMARTS) is 1. The largest absolute Gasteiger partial charge is 0.497 e. The van der Waals surface area contributed by atoms with Crippen LogP contribution in [0.5, 0.6) is 5.75 Å². The third-order valence-corrected chi connectivity index (χ3v) is 3.64. The maximum absolute atomic E-state index is 12.9. The molecule has 0 aromatic heterocycles. The number of nitro benzene ring substituents is 1. The van der Waals surface area contributed by atoms with Gasteiger partial charge in [-0.2, -0.15) is 0 Å². The van der Waals surface area contributed by atoms with Gasteiger partial charge in [-0.05, 0) is 30.3 Å². The molecule has 2 rings (SSSR count). The molecular weight excluding hydrogens is 356 g/mol. The summed E-state index contributed by atoms with van der Waals surface area (Å²) in [6, 6.07) is 11.0. The van der Waals surface area contributed by atoms with Gasteiger partial charge in [-0.25, -0.2) is 4.90 Å². The van der Waals surface area contributed by atoms with E-state index in [0.29, 0.717) is 5.75 Å². The second kappa shape index (κ2) is 8.56. The number of rotatable bonds is 7. The summed E-state index contributed by atoms with van der Waals surface area (Å²) >= 11 is 0. The molecule has 140 valence electrons. The summed E-state index contributed by atoms with van der Waals surface area (Å²) in [5.41, 5.74) is -0.167. The Morgan fingerprint density at radius 2 is 1.78 bits per heavy atom. The summed E-state index contributed by atoms with van der Waals surface area (Å²) < 4.78 is 5.03. The van der Waals surface area contributed by atoms with Crippen molar-refractivity contribution in [2.24, 2.45) is 0 Å². The van der Waals surface area contributed by atoms with Crippen molar-refractivity contribution in [3.05, 3.63) is 64.2 Å². The molecule has 0 aliphatic rings. The average Bonchev–Trinajstić information content (AvgIpc) is 2.67. The Morgan fingerprint density at radius 3 is 2.33 bits per heavy atom. The number of nitrogens with zero attached hydrogens (tertiary/aromatic N) is 2. The summed E-state index contributed by atoms with van der Waals surface area (Å²) in [6.07, 6.45) is -0.851. The van der Waals surface area contributed by atoms with Gasteiger partial charge in [-0.3, -0.25) is 24.5 Å². The molecule has 2 amide bonds. The number of amides is 2. The highest BCUT2D eigenvalue weighted by Gasteiger charge is 2.26.